The molecular formula is C14H28N4. The van der Waals surface area contributed by atoms with Crippen LogP contribution in [0, 0.1) is 11.8 Å². The molecule has 1 saturated carbocycles. The Kier molecular flexibility index (Phi) is 4.49. The first-order valence-electron chi connectivity index (χ1n) is 7.29. The van der Waals surface area contributed by atoms with Crippen LogP contribution in [0.15, 0.2) is 4.99 Å². The van der Waals surface area contributed by atoms with Gasteiger partial charge in [-0.15, -0.1) is 0 Å². The van der Waals surface area contributed by atoms with Crippen molar-refractivity contribution in [3.8, 4) is 0 Å². The van der Waals surface area contributed by atoms with E-state index in [2.05, 4.69) is 35.8 Å². The lowest BCUT2D eigenvalue weighted by atomic mass is 9.78. The quantitative estimate of drug-likeness (QED) is 0.822. The average Bonchev–Trinajstić information content (AvgIpc) is 2.68. The molecule has 0 aromatic heterocycles. The Morgan fingerprint density at radius 1 is 1.39 bits per heavy atom. The number of nitrogens with zero attached hydrogens (tertiary/aromatic N) is 3. The van der Waals surface area contributed by atoms with E-state index >= 15 is 0 Å². The highest BCUT2D eigenvalue weighted by molar-refractivity contribution is 5.80. The molecular weight excluding hydrogens is 224 g/mol. The molecule has 104 valence electrons. The zero-order chi connectivity index (χ0) is 13.1. The lowest BCUT2D eigenvalue weighted by Crippen LogP contribution is -2.48. The van der Waals surface area contributed by atoms with E-state index in [0.29, 0.717) is 6.04 Å². The van der Waals surface area contributed by atoms with Crippen LogP contribution >= 0.6 is 0 Å². The van der Waals surface area contributed by atoms with Gasteiger partial charge in [0, 0.05) is 13.1 Å². The second-order valence-corrected chi connectivity index (χ2v) is 6.29. The summed E-state index contributed by atoms with van der Waals surface area (Å²) in [5.74, 6) is 2.43. The summed E-state index contributed by atoms with van der Waals surface area (Å²) in [5.41, 5.74) is 6.05. The molecule has 4 heteroatoms. The standard InChI is InChI=1S/C14H28N4/c1-11-5-4-6-12(9-11)13-10-16-14(15)18(13)8-7-17(2)3/h11-13H,4-10H2,1-3H3,(H2,15,16). The fraction of sp³-hybridized carbons (Fsp3) is 0.929. The molecule has 0 spiro atoms. The van der Waals surface area contributed by atoms with Gasteiger partial charge in [0.15, 0.2) is 5.96 Å². The summed E-state index contributed by atoms with van der Waals surface area (Å²) in [5, 5.41) is 0. The van der Waals surface area contributed by atoms with Gasteiger partial charge in [0.25, 0.3) is 0 Å². The monoisotopic (exact) mass is 252 g/mol. The Balaban J connectivity index is 1.94. The topological polar surface area (TPSA) is 44.9 Å². The van der Waals surface area contributed by atoms with Crippen LogP contribution in [0.25, 0.3) is 0 Å². The van der Waals surface area contributed by atoms with Crippen molar-refractivity contribution in [2.45, 2.75) is 38.6 Å². The minimum Gasteiger partial charge on any atom is -0.370 e. The lowest BCUT2D eigenvalue weighted by Gasteiger charge is -2.37. The van der Waals surface area contributed by atoms with Crippen molar-refractivity contribution in [2.24, 2.45) is 22.6 Å². The largest absolute Gasteiger partial charge is 0.370 e. The Labute approximate surface area is 111 Å². The van der Waals surface area contributed by atoms with Crippen LogP contribution in [0.2, 0.25) is 0 Å². The van der Waals surface area contributed by atoms with E-state index in [1.54, 1.807) is 0 Å². The van der Waals surface area contributed by atoms with Gasteiger partial charge in [0.2, 0.25) is 0 Å². The molecule has 0 saturated heterocycles. The maximum absolute atomic E-state index is 6.05. The molecule has 3 unspecified atom stereocenters. The summed E-state index contributed by atoms with van der Waals surface area (Å²) < 4.78 is 0. The predicted octanol–water partition coefficient (Wildman–Crippen LogP) is 1.37. The summed E-state index contributed by atoms with van der Waals surface area (Å²) in [7, 11) is 4.22. The molecule has 0 aromatic rings. The first-order chi connectivity index (χ1) is 8.58. The molecule has 0 aromatic carbocycles. The fourth-order valence-electron chi connectivity index (χ4n) is 3.37. The van der Waals surface area contributed by atoms with Crippen molar-refractivity contribution < 1.29 is 0 Å². The highest BCUT2D eigenvalue weighted by Crippen LogP contribution is 2.34. The Morgan fingerprint density at radius 2 is 2.17 bits per heavy atom. The van der Waals surface area contributed by atoms with Crippen LogP contribution in [0.5, 0.6) is 0 Å². The van der Waals surface area contributed by atoms with Crippen molar-refractivity contribution in [3.63, 3.8) is 0 Å². The molecule has 0 amide bonds. The van der Waals surface area contributed by atoms with E-state index in [4.69, 9.17) is 5.73 Å². The van der Waals surface area contributed by atoms with E-state index in [0.717, 1.165) is 37.4 Å². The van der Waals surface area contributed by atoms with E-state index in [1.807, 2.05) is 0 Å². The molecule has 2 aliphatic rings. The molecule has 1 fully saturated rings. The van der Waals surface area contributed by atoms with Gasteiger partial charge in [-0.3, -0.25) is 4.99 Å². The summed E-state index contributed by atoms with van der Waals surface area (Å²) in [4.78, 5) is 9.04. The number of hydrogen-bond donors (Lipinski definition) is 1. The van der Waals surface area contributed by atoms with Gasteiger partial charge in [0.05, 0.1) is 12.6 Å². The summed E-state index contributed by atoms with van der Waals surface area (Å²) in [6, 6.07) is 0.563. The smallest absolute Gasteiger partial charge is 0.191 e. The van der Waals surface area contributed by atoms with Crippen LogP contribution in [0.1, 0.15) is 32.6 Å². The highest BCUT2D eigenvalue weighted by atomic mass is 15.3. The summed E-state index contributed by atoms with van der Waals surface area (Å²) in [6.45, 7) is 5.36. The maximum Gasteiger partial charge on any atom is 0.191 e. The Bertz CT molecular complexity index is 300. The minimum absolute atomic E-state index is 0.563. The Hall–Kier alpha value is -0.770. The molecule has 2 rings (SSSR count). The zero-order valence-electron chi connectivity index (χ0n) is 12.1. The number of likely N-dealkylation sites (N-methyl/N-ethyl adjacent to an activating group) is 1. The predicted molar refractivity (Wildman–Crippen MR) is 76.7 cm³/mol. The lowest BCUT2D eigenvalue weighted by molar-refractivity contribution is 0.166. The number of rotatable bonds is 4. The van der Waals surface area contributed by atoms with Crippen molar-refractivity contribution in [1.82, 2.24) is 9.80 Å². The van der Waals surface area contributed by atoms with Crippen molar-refractivity contribution >= 4 is 5.96 Å². The minimum atomic E-state index is 0.563. The number of nitrogens with two attached hydrogens (primary N) is 1. The van der Waals surface area contributed by atoms with E-state index in [-0.39, 0.29) is 0 Å². The van der Waals surface area contributed by atoms with Gasteiger partial charge in [-0.25, -0.2) is 0 Å². The Morgan fingerprint density at radius 3 is 2.83 bits per heavy atom. The van der Waals surface area contributed by atoms with Gasteiger partial charge >= 0.3 is 0 Å². The normalized spacial score (nSPS) is 33.0. The third-order valence-electron chi connectivity index (χ3n) is 4.44. The van der Waals surface area contributed by atoms with Crippen molar-refractivity contribution in [3.05, 3.63) is 0 Å². The molecule has 3 atom stereocenters. The van der Waals surface area contributed by atoms with Gasteiger partial charge < -0.3 is 15.5 Å². The molecule has 2 N–H and O–H groups in total. The molecule has 0 bridgehead atoms. The molecule has 1 aliphatic carbocycles. The third-order valence-corrected chi connectivity index (χ3v) is 4.44. The van der Waals surface area contributed by atoms with Crippen LogP contribution in [0.4, 0.5) is 0 Å². The summed E-state index contributed by atoms with van der Waals surface area (Å²) >= 11 is 0. The molecule has 18 heavy (non-hydrogen) atoms. The number of guanidine groups is 1. The zero-order valence-corrected chi connectivity index (χ0v) is 12.1. The number of aliphatic imine (C=N–C) groups is 1. The maximum atomic E-state index is 6.05. The first kappa shape index (κ1) is 13.7. The van der Waals surface area contributed by atoms with Gasteiger partial charge in [-0.2, -0.15) is 0 Å². The average molecular weight is 252 g/mol. The van der Waals surface area contributed by atoms with Crippen LogP contribution in [-0.2, 0) is 0 Å². The third kappa shape index (κ3) is 3.16. The van der Waals surface area contributed by atoms with Crippen LogP contribution in [0.3, 0.4) is 0 Å². The molecule has 1 aliphatic heterocycles. The van der Waals surface area contributed by atoms with Gasteiger partial charge in [-0.05, 0) is 38.8 Å². The van der Waals surface area contributed by atoms with Crippen molar-refractivity contribution in [1.29, 1.82) is 0 Å². The van der Waals surface area contributed by atoms with Gasteiger partial charge in [-0.1, -0.05) is 19.8 Å². The molecule has 1 heterocycles. The van der Waals surface area contributed by atoms with E-state index in [9.17, 15) is 0 Å². The molecule has 0 radical (unpaired) electrons. The fourth-order valence-corrected chi connectivity index (χ4v) is 3.37. The second-order valence-electron chi connectivity index (χ2n) is 6.29. The van der Waals surface area contributed by atoms with E-state index < -0.39 is 0 Å². The van der Waals surface area contributed by atoms with Crippen molar-refractivity contribution in [2.75, 3.05) is 33.7 Å². The van der Waals surface area contributed by atoms with E-state index in [1.165, 1.54) is 25.7 Å². The molecule has 4 nitrogen and oxygen atoms in total. The SMILES string of the molecule is CC1CCCC(C2CN=C(N)N2CCN(C)C)C1. The second kappa shape index (κ2) is 5.91. The summed E-state index contributed by atoms with van der Waals surface area (Å²) in [6.07, 6.45) is 5.49. The number of hydrogen-bond acceptors (Lipinski definition) is 4. The van der Waals surface area contributed by atoms with Gasteiger partial charge in [0.1, 0.15) is 0 Å². The highest BCUT2D eigenvalue weighted by Gasteiger charge is 2.34. The van der Waals surface area contributed by atoms with Crippen LogP contribution in [-0.4, -0.2) is 55.5 Å². The first-order valence-corrected chi connectivity index (χ1v) is 7.29. The van der Waals surface area contributed by atoms with Crippen LogP contribution < -0.4 is 5.73 Å².